The van der Waals surface area contributed by atoms with Crippen LogP contribution in [0.4, 0.5) is 4.79 Å². The predicted molar refractivity (Wildman–Crippen MR) is 96.7 cm³/mol. The molecule has 2 aliphatic rings. The van der Waals surface area contributed by atoms with Gasteiger partial charge in [-0.05, 0) is 44.1 Å². The fraction of sp³-hybridized carbons (Fsp3) is 0.611. The number of hydrogen-bond donors (Lipinski definition) is 3. The Morgan fingerprint density at radius 1 is 1.22 bits per heavy atom. The van der Waals surface area contributed by atoms with Gasteiger partial charge < -0.3 is 16.4 Å². The summed E-state index contributed by atoms with van der Waals surface area (Å²) in [6.45, 7) is 0.633. The number of amides is 2. The van der Waals surface area contributed by atoms with Crippen LogP contribution in [0.25, 0.3) is 0 Å². The first-order valence-electron chi connectivity index (χ1n) is 8.68. The predicted octanol–water partition coefficient (Wildman–Crippen LogP) is 2.67. The van der Waals surface area contributed by atoms with Crippen LogP contribution in [0.15, 0.2) is 30.3 Å². The van der Waals surface area contributed by atoms with Crippen molar-refractivity contribution in [2.45, 2.75) is 61.1 Å². The minimum atomic E-state index is -0.0341. The van der Waals surface area contributed by atoms with Crippen molar-refractivity contribution in [2.24, 2.45) is 5.73 Å². The first-order chi connectivity index (χ1) is 11.2. The Labute approximate surface area is 143 Å². The highest BCUT2D eigenvalue weighted by Gasteiger charge is 2.35. The summed E-state index contributed by atoms with van der Waals surface area (Å²) < 4.78 is 0. The summed E-state index contributed by atoms with van der Waals surface area (Å²) in [6.07, 6.45) is 6.55. The van der Waals surface area contributed by atoms with E-state index in [9.17, 15) is 4.79 Å². The van der Waals surface area contributed by atoms with E-state index in [2.05, 4.69) is 34.5 Å². The number of thioether (sulfide) groups is 1. The zero-order valence-corrected chi connectivity index (χ0v) is 14.4. The van der Waals surface area contributed by atoms with Gasteiger partial charge in [0.2, 0.25) is 0 Å². The first kappa shape index (κ1) is 16.7. The van der Waals surface area contributed by atoms with E-state index in [-0.39, 0.29) is 12.1 Å². The fourth-order valence-electron chi connectivity index (χ4n) is 3.60. The number of benzene rings is 1. The van der Waals surface area contributed by atoms with Gasteiger partial charge in [-0.15, -0.1) is 0 Å². The molecule has 0 aromatic heterocycles. The zero-order valence-electron chi connectivity index (χ0n) is 13.5. The third-order valence-electron chi connectivity index (χ3n) is 4.77. The van der Waals surface area contributed by atoms with Gasteiger partial charge in [0.1, 0.15) is 0 Å². The van der Waals surface area contributed by atoms with Crippen LogP contribution < -0.4 is 16.4 Å². The Kier molecular flexibility index (Phi) is 5.84. The van der Waals surface area contributed by atoms with Crippen LogP contribution in [-0.2, 0) is 6.42 Å². The van der Waals surface area contributed by atoms with E-state index in [0.717, 1.165) is 36.2 Å². The highest BCUT2D eigenvalue weighted by atomic mass is 32.2. The van der Waals surface area contributed by atoms with E-state index in [0.29, 0.717) is 12.6 Å². The molecule has 2 bridgehead atoms. The summed E-state index contributed by atoms with van der Waals surface area (Å²) in [7, 11) is 0. The van der Waals surface area contributed by atoms with Crippen molar-refractivity contribution in [3.05, 3.63) is 35.9 Å². The number of rotatable bonds is 6. The van der Waals surface area contributed by atoms with Crippen LogP contribution in [0.3, 0.4) is 0 Å². The van der Waals surface area contributed by atoms with Gasteiger partial charge >= 0.3 is 6.03 Å². The topological polar surface area (TPSA) is 67.1 Å². The third kappa shape index (κ3) is 5.15. The van der Waals surface area contributed by atoms with Crippen LogP contribution in [0, 0.1) is 0 Å². The molecule has 3 rings (SSSR count). The maximum atomic E-state index is 12.0. The molecule has 2 fully saturated rings. The zero-order chi connectivity index (χ0) is 16.1. The van der Waals surface area contributed by atoms with Crippen molar-refractivity contribution in [2.75, 3.05) is 6.54 Å². The van der Waals surface area contributed by atoms with Crippen molar-refractivity contribution >= 4 is 17.8 Å². The van der Waals surface area contributed by atoms with E-state index in [1.54, 1.807) is 0 Å². The molecule has 3 unspecified atom stereocenters. The van der Waals surface area contributed by atoms with Crippen LogP contribution in [-0.4, -0.2) is 35.2 Å². The summed E-state index contributed by atoms with van der Waals surface area (Å²) in [5.41, 5.74) is 7.40. The van der Waals surface area contributed by atoms with Crippen molar-refractivity contribution in [1.82, 2.24) is 10.6 Å². The molecule has 0 aliphatic carbocycles. The van der Waals surface area contributed by atoms with E-state index in [1.165, 1.54) is 18.4 Å². The van der Waals surface area contributed by atoms with E-state index in [1.807, 2.05) is 18.2 Å². The molecule has 126 valence electrons. The minimum absolute atomic E-state index is 0.0341. The largest absolute Gasteiger partial charge is 0.338 e. The average Bonchev–Trinajstić information content (AvgIpc) is 2.87. The first-order valence-corrected chi connectivity index (χ1v) is 9.62. The number of urea groups is 1. The van der Waals surface area contributed by atoms with Crippen molar-refractivity contribution in [3.8, 4) is 0 Å². The van der Waals surface area contributed by atoms with Gasteiger partial charge in [-0.3, -0.25) is 0 Å². The normalized spacial score (nSPS) is 27.4. The molecule has 2 aliphatic heterocycles. The second-order valence-corrected chi connectivity index (χ2v) is 8.37. The standard InChI is InChI=1S/C18H27N3OS/c19-14(10-13-4-2-1-3-5-13)8-9-20-18(22)21-15-11-16-6-7-17(12-15)23-16/h1-5,14-17H,6-12,19H2,(H2,20,21,22). The van der Waals surface area contributed by atoms with E-state index in [4.69, 9.17) is 5.73 Å². The molecule has 23 heavy (non-hydrogen) atoms. The summed E-state index contributed by atoms with van der Waals surface area (Å²) >= 11 is 2.12. The molecule has 1 aromatic carbocycles. The van der Waals surface area contributed by atoms with Crippen molar-refractivity contribution in [3.63, 3.8) is 0 Å². The fourth-order valence-corrected chi connectivity index (χ4v) is 5.38. The smallest absolute Gasteiger partial charge is 0.315 e. The molecule has 2 amide bonds. The van der Waals surface area contributed by atoms with Gasteiger partial charge in [-0.1, -0.05) is 30.3 Å². The molecule has 4 N–H and O–H groups in total. The van der Waals surface area contributed by atoms with Crippen LogP contribution in [0.2, 0.25) is 0 Å². The number of carbonyl (C=O) groups excluding carboxylic acids is 1. The lowest BCUT2D eigenvalue weighted by atomic mass is 10.0. The molecule has 5 heteroatoms. The number of nitrogens with two attached hydrogens (primary N) is 1. The van der Waals surface area contributed by atoms with E-state index < -0.39 is 0 Å². The lowest BCUT2D eigenvalue weighted by Crippen LogP contribution is -2.45. The number of carbonyl (C=O) groups is 1. The molecular weight excluding hydrogens is 306 g/mol. The van der Waals surface area contributed by atoms with Crippen LogP contribution >= 0.6 is 11.8 Å². The SMILES string of the molecule is NC(CCNC(=O)NC1CC2CCC(C1)S2)Cc1ccccc1. The van der Waals surface area contributed by atoms with Crippen molar-refractivity contribution in [1.29, 1.82) is 0 Å². The molecule has 0 spiro atoms. The Bertz CT molecular complexity index is 498. The number of fused-ring (bicyclic) bond motifs is 2. The molecule has 3 atom stereocenters. The molecule has 2 heterocycles. The maximum Gasteiger partial charge on any atom is 0.315 e. The number of nitrogens with one attached hydrogen (secondary N) is 2. The molecule has 1 aromatic rings. The maximum absolute atomic E-state index is 12.0. The van der Waals surface area contributed by atoms with E-state index >= 15 is 0 Å². The highest BCUT2D eigenvalue weighted by molar-refractivity contribution is 8.00. The lowest BCUT2D eigenvalue weighted by Gasteiger charge is -2.28. The van der Waals surface area contributed by atoms with Crippen molar-refractivity contribution < 1.29 is 4.79 Å². The van der Waals surface area contributed by atoms with Crippen LogP contribution in [0.1, 0.15) is 37.7 Å². The number of hydrogen-bond acceptors (Lipinski definition) is 3. The van der Waals surface area contributed by atoms with Gasteiger partial charge in [0.15, 0.2) is 0 Å². The average molecular weight is 334 g/mol. The monoisotopic (exact) mass is 333 g/mol. The third-order valence-corrected chi connectivity index (χ3v) is 6.39. The Morgan fingerprint density at radius 3 is 2.61 bits per heavy atom. The van der Waals surface area contributed by atoms with Gasteiger partial charge in [0, 0.05) is 29.1 Å². The molecule has 2 saturated heterocycles. The van der Waals surface area contributed by atoms with Gasteiger partial charge in [-0.25, -0.2) is 4.79 Å². The Hall–Kier alpha value is -1.20. The lowest BCUT2D eigenvalue weighted by molar-refractivity contribution is 0.235. The Morgan fingerprint density at radius 2 is 1.91 bits per heavy atom. The molecule has 0 saturated carbocycles. The second kappa shape index (κ2) is 8.06. The molecule has 0 radical (unpaired) electrons. The van der Waals surface area contributed by atoms with Gasteiger partial charge in [0.25, 0.3) is 0 Å². The minimum Gasteiger partial charge on any atom is -0.338 e. The summed E-state index contributed by atoms with van der Waals surface area (Å²) in [5, 5.41) is 7.62. The van der Waals surface area contributed by atoms with Gasteiger partial charge in [0.05, 0.1) is 0 Å². The highest BCUT2D eigenvalue weighted by Crippen LogP contribution is 2.43. The van der Waals surface area contributed by atoms with Crippen LogP contribution in [0.5, 0.6) is 0 Å². The second-order valence-electron chi connectivity index (χ2n) is 6.76. The molecule has 4 nitrogen and oxygen atoms in total. The summed E-state index contributed by atoms with van der Waals surface area (Å²) in [6, 6.07) is 10.7. The molecular formula is C18H27N3OS. The van der Waals surface area contributed by atoms with Gasteiger partial charge in [-0.2, -0.15) is 11.8 Å². The summed E-state index contributed by atoms with van der Waals surface area (Å²) in [5.74, 6) is 0. The summed E-state index contributed by atoms with van der Waals surface area (Å²) in [4.78, 5) is 12.0. The Balaban J connectivity index is 1.31. The quantitative estimate of drug-likeness (QED) is 0.750.